The molecule has 0 bridgehead atoms. The molecule has 27 heavy (non-hydrogen) atoms. The van der Waals surface area contributed by atoms with Gasteiger partial charge in [-0.3, -0.25) is 4.79 Å². The van der Waals surface area contributed by atoms with Crippen molar-refractivity contribution in [1.82, 2.24) is 9.88 Å². The number of rotatable bonds is 3. The smallest absolute Gasteiger partial charge is 0.318 e. The van der Waals surface area contributed by atoms with E-state index in [4.69, 9.17) is 11.6 Å². The van der Waals surface area contributed by atoms with Crippen LogP contribution in [0.25, 0.3) is 0 Å². The molecule has 1 aromatic carbocycles. The molecule has 0 spiro atoms. The van der Waals surface area contributed by atoms with Crippen LogP contribution in [0.1, 0.15) is 38.1 Å². The van der Waals surface area contributed by atoms with Crippen LogP contribution in [0.2, 0.25) is 5.02 Å². The van der Waals surface area contributed by atoms with Crippen molar-refractivity contribution in [2.75, 3.05) is 17.2 Å². The van der Waals surface area contributed by atoms with Crippen molar-refractivity contribution in [2.24, 2.45) is 5.41 Å². The zero-order valence-corrected chi connectivity index (χ0v) is 16.6. The summed E-state index contributed by atoms with van der Waals surface area (Å²) in [7, 11) is 0. The molecule has 0 atom stereocenters. The quantitative estimate of drug-likeness (QED) is 0.806. The highest BCUT2D eigenvalue weighted by atomic mass is 35.5. The topological polar surface area (TPSA) is 74.3 Å². The zero-order valence-electron chi connectivity index (χ0n) is 15.8. The van der Waals surface area contributed by atoms with Crippen LogP contribution in [-0.4, -0.2) is 33.9 Å². The number of hydrogen-bond acceptors (Lipinski definition) is 3. The number of amides is 3. The molecule has 2 heterocycles. The molecule has 3 rings (SSSR count). The maximum atomic E-state index is 12.6. The van der Waals surface area contributed by atoms with Gasteiger partial charge in [0.25, 0.3) is 5.91 Å². The first-order chi connectivity index (χ1) is 12.6. The fourth-order valence-electron chi connectivity index (χ4n) is 2.95. The normalized spacial score (nSPS) is 17.0. The van der Waals surface area contributed by atoms with Gasteiger partial charge in [-0.05, 0) is 44.2 Å². The summed E-state index contributed by atoms with van der Waals surface area (Å²) in [6.07, 6.45) is 1.46. The average molecular weight is 387 g/mol. The van der Waals surface area contributed by atoms with Crippen LogP contribution in [-0.2, 0) is 0 Å². The fourth-order valence-corrected chi connectivity index (χ4v) is 3.07. The van der Waals surface area contributed by atoms with Crippen LogP contribution in [0.4, 0.5) is 16.3 Å². The number of halogens is 1. The number of urea groups is 1. The molecule has 3 amide bonds. The Morgan fingerprint density at radius 3 is 2.44 bits per heavy atom. The maximum absolute atomic E-state index is 12.6. The van der Waals surface area contributed by atoms with E-state index in [1.807, 2.05) is 0 Å². The molecule has 6 nitrogen and oxygen atoms in total. The molecule has 1 saturated heterocycles. The van der Waals surface area contributed by atoms with Crippen molar-refractivity contribution in [2.45, 2.75) is 33.2 Å². The number of anilines is 2. The number of benzene rings is 1. The molecule has 1 aromatic heterocycles. The van der Waals surface area contributed by atoms with E-state index in [9.17, 15) is 9.59 Å². The van der Waals surface area contributed by atoms with Crippen LogP contribution in [0.5, 0.6) is 0 Å². The predicted molar refractivity (Wildman–Crippen MR) is 107 cm³/mol. The van der Waals surface area contributed by atoms with Gasteiger partial charge < -0.3 is 15.5 Å². The van der Waals surface area contributed by atoms with E-state index in [-0.39, 0.29) is 22.9 Å². The van der Waals surface area contributed by atoms with Gasteiger partial charge >= 0.3 is 6.03 Å². The van der Waals surface area contributed by atoms with Crippen LogP contribution in [0, 0.1) is 5.41 Å². The summed E-state index contributed by atoms with van der Waals surface area (Å²) in [5, 5.41) is 6.08. The Labute approximate surface area is 163 Å². The maximum Gasteiger partial charge on any atom is 0.322 e. The molecule has 0 unspecified atom stereocenters. The molecule has 2 aromatic rings. The molecule has 0 aliphatic carbocycles. The van der Waals surface area contributed by atoms with E-state index in [2.05, 4.69) is 43.3 Å². The third kappa shape index (κ3) is 3.76. The second kappa shape index (κ2) is 6.85. The highest BCUT2D eigenvalue weighted by Gasteiger charge is 2.54. The van der Waals surface area contributed by atoms with Gasteiger partial charge in [0, 0.05) is 34.9 Å². The van der Waals surface area contributed by atoms with E-state index < -0.39 is 0 Å². The third-order valence-corrected chi connectivity index (χ3v) is 5.70. The third-order valence-electron chi connectivity index (χ3n) is 5.47. The number of likely N-dealkylation sites (tertiary alicyclic amines) is 1. The van der Waals surface area contributed by atoms with E-state index in [1.165, 1.54) is 6.20 Å². The summed E-state index contributed by atoms with van der Waals surface area (Å²) in [5.74, 6) is 0.0923. The second-order valence-electron chi connectivity index (χ2n) is 7.86. The Kier molecular flexibility index (Phi) is 4.86. The number of carbonyl (C=O) groups excluding carboxylic acids is 2. The lowest BCUT2D eigenvalue weighted by Crippen LogP contribution is -2.71. The summed E-state index contributed by atoms with van der Waals surface area (Å²) >= 11 is 5.79. The molecule has 2 N–H and O–H groups in total. The number of hydrogen-bond donors (Lipinski definition) is 2. The van der Waals surface area contributed by atoms with E-state index in [0.717, 1.165) is 0 Å². The van der Waals surface area contributed by atoms with E-state index >= 15 is 0 Å². The number of nitrogens with one attached hydrogen (secondary N) is 2. The largest absolute Gasteiger partial charge is 0.322 e. The number of pyridine rings is 1. The Morgan fingerprint density at radius 1 is 1.11 bits per heavy atom. The van der Waals surface area contributed by atoms with Crippen molar-refractivity contribution >= 4 is 35.0 Å². The minimum absolute atomic E-state index is 0.0671. The molecule has 7 heteroatoms. The van der Waals surface area contributed by atoms with Crippen molar-refractivity contribution < 1.29 is 9.59 Å². The molecular formula is C20H23ClN4O2. The minimum atomic E-state index is -0.314. The average Bonchev–Trinajstić information content (AvgIpc) is 2.61. The van der Waals surface area contributed by atoms with Crippen molar-refractivity contribution in [3.8, 4) is 0 Å². The summed E-state index contributed by atoms with van der Waals surface area (Å²) in [4.78, 5) is 30.9. The van der Waals surface area contributed by atoms with Gasteiger partial charge in [0.2, 0.25) is 0 Å². The van der Waals surface area contributed by atoms with E-state index in [1.54, 1.807) is 41.3 Å². The Hall–Kier alpha value is -2.60. The highest BCUT2D eigenvalue weighted by molar-refractivity contribution is 6.30. The van der Waals surface area contributed by atoms with Gasteiger partial charge in [-0.1, -0.05) is 31.5 Å². The lowest BCUT2D eigenvalue weighted by Gasteiger charge is -2.60. The Morgan fingerprint density at radius 2 is 1.85 bits per heavy atom. The standard InChI is InChI=1S/C20H23ClN4O2/c1-19(2)12-25(20(19,3)4)18(27)23-15-7-5-6-13(10-15)17(26)24-16-9-8-14(21)11-22-16/h5-11H,12H2,1-4H3,(H,23,27)(H,22,24,26). The summed E-state index contributed by atoms with van der Waals surface area (Å²) in [5.41, 5.74) is 0.828. The van der Waals surface area contributed by atoms with E-state index in [0.29, 0.717) is 28.6 Å². The van der Waals surface area contributed by atoms with Gasteiger partial charge in [-0.2, -0.15) is 0 Å². The zero-order chi connectivity index (χ0) is 19.8. The lowest BCUT2D eigenvalue weighted by atomic mass is 9.65. The summed E-state index contributed by atoms with van der Waals surface area (Å²) < 4.78 is 0. The molecule has 1 aliphatic heterocycles. The number of carbonyl (C=O) groups is 2. The summed E-state index contributed by atoms with van der Waals surface area (Å²) in [6, 6.07) is 9.91. The highest BCUT2D eigenvalue weighted by Crippen LogP contribution is 2.46. The monoisotopic (exact) mass is 386 g/mol. The molecule has 1 fully saturated rings. The van der Waals surface area contributed by atoms with Crippen LogP contribution < -0.4 is 10.6 Å². The first-order valence-corrected chi connectivity index (χ1v) is 9.09. The molecule has 0 radical (unpaired) electrons. The first-order valence-electron chi connectivity index (χ1n) is 8.72. The predicted octanol–water partition coefficient (Wildman–Crippen LogP) is 4.64. The van der Waals surface area contributed by atoms with Gasteiger partial charge in [-0.25, -0.2) is 9.78 Å². The molecule has 1 aliphatic rings. The van der Waals surface area contributed by atoms with Crippen molar-refractivity contribution in [3.05, 3.63) is 53.2 Å². The lowest BCUT2D eigenvalue weighted by molar-refractivity contribution is -0.0770. The molecule has 0 saturated carbocycles. The second-order valence-corrected chi connectivity index (χ2v) is 8.29. The van der Waals surface area contributed by atoms with Gasteiger partial charge in [0.05, 0.1) is 5.02 Å². The first kappa shape index (κ1) is 19.2. The minimum Gasteiger partial charge on any atom is -0.318 e. The SMILES string of the molecule is CC1(C)CN(C(=O)Nc2cccc(C(=O)Nc3ccc(Cl)cn3)c2)C1(C)C. The van der Waals surface area contributed by atoms with Crippen LogP contribution >= 0.6 is 11.6 Å². The molecular weight excluding hydrogens is 364 g/mol. The summed E-state index contributed by atoms with van der Waals surface area (Å²) in [6.45, 7) is 9.09. The van der Waals surface area contributed by atoms with Crippen LogP contribution in [0.15, 0.2) is 42.6 Å². The van der Waals surface area contributed by atoms with Crippen molar-refractivity contribution in [1.29, 1.82) is 0 Å². The number of aromatic nitrogens is 1. The fraction of sp³-hybridized carbons (Fsp3) is 0.350. The number of nitrogens with zero attached hydrogens (tertiary/aromatic N) is 2. The van der Waals surface area contributed by atoms with Crippen molar-refractivity contribution in [3.63, 3.8) is 0 Å². The van der Waals surface area contributed by atoms with Gasteiger partial charge in [0.1, 0.15) is 5.82 Å². The molecule has 142 valence electrons. The van der Waals surface area contributed by atoms with Crippen LogP contribution in [0.3, 0.4) is 0 Å². The Balaban J connectivity index is 1.68. The van der Waals surface area contributed by atoms with Gasteiger partial charge in [-0.15, -0.1) is 0 Å². The Bertz CT molecular complexity index is 878. The van der Waals surface area contributed by atoms with Gasteiger partial charge in [0.15, 0.2) is 0 Å².